The summed E-state index contributed by atoms with van der Waals surface area (Å²) in [4.78, 5) is 12.4. The normalized spacial score (nSPS) is 12.0. The number of nitrogens with one attached hydrogen (secondary N) is 1. The Kier molecular flexibility index (Phi) is 5.90. The minimum Gasteiger partial charge on any atom is -0.351 e. The summed E-state index contributed by atoms with van der Waals surface area (Å²) in [6.45, 7) is 4.21. The van der Waals surface area contributed by atoms with Gasteiger partial charge in [0.2, 0.25) is 11.1 Å². The van der Waals surface area contributed by atoms with Crippen molar-refractivity contribution in [2.24, 2.45) is 0 Å². The van der Waals surface area contributed by atoms with E-state index in [1.54, 1.807) is 10.7 Å². The first kappa shape index (κ1) is 18.4. The maximum atomic E-state index is 12.4. The fourth-order valence-electron chi connectivity index (χ4n) is 2.35. The summed E-state index contributed by atoms with van der Waals surface area (Å²) in [5.41, 5.74) is 2.85. The Morgan fingerprint density at radius 2 is 2.08 bits per heavy atom. The van der Waals surface area contributed by atoms with Gasteiger partial charge in [-0.2, -0.15) is 4.68 Å². The molecule has 2 aromatic carbocycles. The number of thioether (sulfide) groups is 1. The number of nitrogens with zero attached hydrogens (tertiary/aromatic N) is 4. The molecule has 0 aliphatic rings. The van der Waals surface area contributed by atoms with E-state index in [0.717, 1.165) is 16.8 Å². The van der Waals surface area contributed by atoms with Crippen molar-refractivity contribution in [3.05, 3.63) is 64.7 Å². The van der Waals surface area contributed by atoms with Gasteiger partial charge in [0.05, 0.1) is 10.9 Å². The fourth-order valence-corrected chi connectivity index (χ4v) is 3.39. The first-order valence-electron chi connectivity index (χ1n) is 8.08. The zero-order valence-corrected chi connectivity index (χ0v) is 16.0. The van der Waals surface area contributed by atoms with Crippen molar-refractivity contribution in [2.45, 2.75) is 30.8 Å². The van der Waals surface area contributed by atoms with E-state index < -0.39 is 0 Å². The highest BCUT2D eigenvalue weighted by atomic mass is 35.5. The molecule has 26 heavy (non-hydrogen) atoms. The lowest BCUT2D eigenvalue weighted by atomic mass is 10.2. The number of hydrogen-bond donors (Lipinski definition) is 1. The number of carbonyl (C=O) groups excluding carboxylic acids is 1. The summed E-state index contributed by atoms with van der Waals surface area (Å²) in [5, 5.41) is 15.6. The highest BCUT2D eigenvalue weighted by Crippen LogP contribution is 2.23. The Hall–Kier alpha value is -2.38. The minimum absolute atomic E-state index is 0.103. The number of halogens is 1. The summed E-state index contributed by atoms with van der Waals surface area (Å²) in [6.07, 6.45) is 0. The van der Waals surface area contributed by atoms with E-state index in [0.29, 0.717) is 16.7 Å². The molecule has 3 rings (SSSR count). The Morgan fingerprint density at radius 3 is 2.85 bits per heavy atom. The third kappa shape index (κ3) is 4.42. The zero-order valence-electron chi connectivity index (χ0n) is 14.4. The molecule has 134 valence electrons. The van der Waals surface area contributed by atoms with E-state index in [1.807, 2.05) is 56.3 Å². The van der Waals surface area contributed by atoms with E-state index in [4.69, 9.17) is 11.6 Å². The van der Waals surface area contributed by atoms with Crippen LogP contribution in [-0.2, 0) is 11.3 Å². The predicted octanol–water partition coefficient (Wildman–Crippen LogP) is 3.42. The molecule has 1 amide bonds. The first-order chi connectivity index (χ1) is 12.5. The molecule has 3 aromatic rings. The largest absolute Gasteiger partial charge is 0.351 e. The number of aromatic nitrogens is 4. The molecule has 6 nitrogen and oxygen atoms in total. The second-order valence-electron chi connectivity index (χ2n) is 5.78. The average Bonchev–Trinajstić information content (AvgIpc) is 3.09. The second-order valence-corrected chi connectivity index (χ2v) is 7.50. The SMILES string of the molecule is Cc1cccc(-n2nnnc2SC(C)C(=O)NCc2ccccc2Cl)c1. The quantitative estimate of drug-likeness (QED) is 0.656. The van der Waals surface area contributed by atoms with Gasteiger partial charge in [0.15, 0.2) is 0 Å². The van der Waals surface area contributed by atoms with Crippen LogP contribution in [0.3, 0.4) is 0 Å². The number of aryl methyl sites for hydroxylation is 1. The van der Waals surface area contributed by atoms with Gasteiger partial charge in [0.25, 0.3) is 0 Å². The van der Waals surface area contributed by atoms with Crippen molar-refractivity contribution in [1.29, 1.82) is 0 Å². The molecule has 1 aromatic heterocycles. The van der Waals surface area contributed by atoms with Crippen molar-refractivity contribution in [1.82, 2.24) is 25.5 Å². The number of tetrazole rings is 1. The Balaban J connectivity index is 1.65. The van der Waals surface area contributed by atoms with Crippen LogP contribution in [0.1, 0.15) is 18.1 Å². The monoisotopic (exact) mass is 387 g/mol. The van der Waals surface area contributed by atoms with Crippen LogP contribution in [-0.4, -0.2) is 31.4 Å². The van der Waals surface area contributed by atoms with Crippen LogP contribution in [0.2, 0.25) is 5.02 Å². The molecule has 0 radical (unpaired) electrons. The van der Waals surface area contributed by atoms with Gasteiger partial charge in [-0.1, -0.05) is 53.7 Å². The van der Waals surface area contributed by atoms with E-state index in [-0.39, 0.29) is 11.2 Å². The number of hydrogen-bond acceptors (Lipinski definition) is 5. The van der Waals surface area contributed by atoms with Crippen LogP contribution in [0.15, 0.2) is 53.7 Å². The maximum Gasteiger partial charge on any atom is 0.233 e. The first-order valence-corrected chi connectivity index (χ1v) is 9.33. The number of rotatable bonds is 6. The summed E-state index contributed by atoms with van der Waals surface area (Å²) < 4.78 is 1.63. The van der Waals surface area contributed by atoms with Crippen molar-refractivity contribution in [3.63, 3.8) is 0 Å². The molecule has 0 aliphatic heterocycles. The molecule has 0 spiro atoms. The van der Waals surface area contributed by atoms with Crippen molar-refractivity contribution >= 4 is 29.3 Å². The predicted molar refractivity (Wildman–Crippen MR) is 103 cm³/mol. The van der Waals surface area contributed by atoms with Gasteiger partial charge in [-0.05, 0) is 53.6 Å². The van der Waals surface area contributed by atoms with Gasteiger partial charge < -0.3 is 5.32 Å². The highest BCUT2D eigenvalue weighted by Gasteiger charge is 2.19. The standard InChI is InChI=1S/C18H18ClN5OS/c1-12-6-5-8-15(10-12)24-18(21-22-23-24)26-13(2)17(25)20-11-14-7-3-4-9-16(14)19/h3-10,13H,11H2,1-2H3,(H,20,25). The van der Waals surface area contributed by atoms with Crippen LogP contribution in [0.4, 0.5) is 0 Å². The highest BCUT2D eigenvalue weighted by molar-refractivity contribution is 8.00. The second kappa shape index (κ2) is 8.33. The topological polar surface area (TPSA) is 72.7 Å². The summed E-state index contributed by atoms with van der Waals surface area (Å²) in [7, 11) is 0. The summed E-state index contributed by atoms with van der Waals surface area (Å²) >= 11 is 7.42. The molecule has 0 bridgehead atoms. The molecule has 1 N–H and O–H groups in total. The molecule has 1 atom stereocenters. The van der Waals surface area contributed by atoms with Crippen LogP contribution in [0.5, 0.6) is 0 Å². The molecule has 8 heteroatoms. The average molecular weight is 388 g/mol. The molecular weight excluding hydrogens is 370 g/mol. The molecule has 0 fully saturated rings. The molecule has 0 saturated heterocycles. The number of benzene rings is 2. The van der Waals surface area contributed by atoms with Gasteiger partial charge in [0, 0.05) is 11.6 Å². The summed E-state index contributed by atoms with van der Waals surface area (Å²) in [5.74, 6) is -0.103. The molecular formula is C18H18ClN5OS. The van der Waals surface area contributed by atoms with Gasteiger partial charge in [0.1, 0.15) is 0 Å². The van der Waals surface area contributed by atoms with Crippen LogP contribution in [0.25, 0.3) is 5.69 Å². The maximum absolute atomic E-state index is 12.4. The molecule has 1 unspecified atom stereocenters. The van der Waals surface area contributed by atoms with Crippen LogP contribution >= 0.6 is 23.4 Å². The Morgan fingerprint density at radius 1 is 1.27 bits per heavy atom. The lowest BCUT2D eigenvalue weighted by Gasteiger charge is -2.12. The van der Waals surface area contributed by atoms with Gasteiger partial charge in [-0.25, -0.2) is 0 Å². The lowest BCUT2D eigenvalue weighted by Crippen LogP contribution is -2.30. The van der Waals surface area contributed by atoms with E-state index in [9.17, 15) is 4.79 Å². The van der Waals surface area contributed by atoms with Gasteiger partial charge >= 0.3 is 0 Å². The lowest BCUT2D eigenvalue weighted by molar-refractivity contribution is -0.120. The van der Waals surface area contributed by atoms with E-state index in [1.165, 1.54) is 11.8 Å². The zero-order chi connectivity index (χ0) is 18.5. The molecule has 1 heterocycles. The fraction of sp³-hybridized carbons (Fsp3) is 0.222. The third-order valence-corrected chi connectivity index (χ3v) is 5.15. The smallest absolute Gasteiger partial charge is 0.233 e. The van der Waals surface area contributed by atoms with E-state index >= 15 is 0 Å². The van der Waals surface area contributed by atoms with Gasteiger partial charge in [-0.3, -0.25) is 4.79 Å². The van der Waals surface area contributed by atoms with Crippen LogP contribution < -0.4 is 5.32 Å². The summed E-state index contributed by atoms with van der Waals surface area (Å²) in [6, 6.07) is 15.3. The van der Waals surface area contributed by atoms with Crippen molar-refractivity contribution in [2.75, 3.05) is 0 Å². The van der Waals surface area contributed by atoms with Crippen LogP contribution in [0, 0.1) is 6.92 Å². The van der Waals surface area contributed by atoms with E-state index in [2.05, 4.69) is 20.8 Å². The number of amides is 1. The Bertz CT molecular complexity index is 914. The number of carbonyl (C=O) groups is 1. The Labute approximate surface area is 160 Å². The molecule has 0 aliphatic carbocycles. The third-order valence-electron chi connectivity index (χ3n) is 3.75. The minimum atomic E-state index is -0.355. The van der Waals surface area contributed by atoms with Crippen molar-refractivity contribution < 1.29 is 4.79 Å². The van der Waals surface area contributed by atoms with Gasteiger partial charge in [-0.15, -0.1) is 5.10 Å². The molecule has 0 saturated carbocycles. The van der Waals surface area contributed by atoms with Crippen molar-refractivity contribution in [3.8, 4) is 5.69 Å².